The fourth-order valence-electron chi connectivity index (χ4n) is 1.82. The topological polar surface area (TPSA) is 52.8 Å². The Hall–Kier alpha value is -2.41. The Morgan fingerprint density at radius 3 is 2.47 bits per heavy atom. The van der Waals surface area contributed by atoms with Gasteiger partial charge in [0.1, 0.15) is 17.6 Å². The molecular formula is C15H16N4. The maximum Gasteiger partial charge on any atom is 0.163 e. The molecule has 1 heterocycles. The molecule has 1 aromatic heterocycles. The number of anilines is 1. The lowest BCUT2D eigenvalue weighted by atomic mass is 10.1. The van der Waals surface area contributed by atoms with Crippen molar-refractivity contribution in [2.45, 2.75) is 13.8 Å². The first-order chi connectivity index (χ1) is 9.01. The summed E-state index contributed by atoms with van der Waals surface area (Å²) in [4.78, 5) is 10.7. The Morgan fingerprint density at radius 2 is 1.84 bits per heavy atom. The molecule has 0 amide bonds. The molecule has 0 aliphatic carbocycles. The number of nitriles is 1. The minimum Gasteiger partial charge on any atom is -0.363 e. The maximum atomic E-state index is 9.08. The third kappa shape index (κ3) is 2.71. The van der Waals surface area contributed by atoms with Crippen LogP contribution >= 0.6 is 0 Å². The van der Waals surface area contributed by atoms with Crippen LogP contribution in [0.4, 0.5) is 5.82 Å². The largest absolute Gasteiger partial charge is 0.363 e. The molecule has 2 aromatic rings. The number of hydrogen-bond acceptors (Lipinski definition) is 4. The molecule has 4 nitrogen and oxygen atoms in total. The second kappa shape index (κ2) is 5.07. The van der Waals surface area contributed by atoms with Crippen LogP contribution in [0, 0.1) is 25.2 Å². The fourth-order valence-corrected chi connectivity index (χ4v) is 1.82. The summed E-state index contributed by atoms with van der Waals surface area (Å²) in [5.74, 6) is 1.34. The summed E-state index contributed by atoms with van der Waals surface area (Å²) in [7, 11) is 3.80. The average molecular weight is 252 g/mol. The molecule has 0 fully saturated rings. The van der Waals surface area contributed by atoms with Crippen molar-refractivity contribution in [2.24, 2.45) is 0 Å². The minimum atomic E-state index is 0.384. The van der Waals surface area contributed by atoms with Gasteiger partial charge in [-0.05, 0) is 25.5 Å². The first-order valence-corrected chi connectivity index (χ1v) is 6.05. The van der Waals surface area contributed by atoms with Crippen molar-refractivity contribution >= 4 is 5.82 Å². The van der Waals surface area contributed by atoms with Crippen LogP contribution in [0.5, 0.6) is 0 Å². The van der Waals surface area contributed by atoms with Crippen LogP contribution in [0.2, 0.25) is 0 Å². The Balaban J connectivity index is 2.65. The molecule has 0 bridgehead atoms. The van der Waals surface area contributed by atoms with Crippen molar-refractivity contribution in [3.63, 3.8) is 0 Å². The van der Waals surface area contributed by atoms with E-state index in [1.165, 1.54) is 0 Å². The van der Waals surface area contributed by atoms with Crippen LogP contribution in [0.3, 0.4) is 0 Å². The van der Waals surface area contributed by atoms with E-state index in [1.807, 2.05) is 45.0 Å². The SMILES string of the molecule is Cc1ccc(C)c(-c2nc(C#N)cc(N(C)C)n2)c1. The third-order valence-corrected chi connectivity index (χ3v) is 2.92. The average Bonchev–Trinajstić information content (AvgIpc) is 2.40. The maximum absolute atomic E-state index is 9.08. The van der Waals surface area contributed by atoms with Crippen LogP contribution in [0.25, 0.3) is 11.4 Å². The molecule has 0 unspecified atom stereocenters. The van der Waals surface area contributed by atoms with E-state index >= 15 is 0 Å². The molecule has 0 aliphatic heterocycles. The number of aryl methyl sites for hydroxylation is 2. The van der Waals surface area contributed by atoms with Crippen molar-refractivity contribution in [1.29, 1.82) is 5.26 Å². The van der Waals surface area contributed by atoms with E-state index in [4.69, 9.17) is 5.26 Å². The van der Waals surface area contributed by atoms with Crippen molar-refractivity contribution in [2.75, 3.05) is 19.0 Å². The van der Waals surface area contributed by atoms with E-state index in [0.717, 1.165) is 22.5 Å². The number of rotatable bonds is 2. The molecular weight excluding hydrogens is 236 g/mol. The highest BCUT2D eigenvalue weighted by atomic mass is 15.1. The van der Waals surface area contributed by atoms with Gasteiger partial charge in [0.15, 0.2) is 5.82 Å². The van der Waals surface area contributed by atoms with Gasteiger partial charge in [-0.2, -0.15) is 5.26 Å². The third-order valence-electron chi connectivity index (χ3n) is 2.92. The van der Waals surface area contributed by atoms with E-state index in [2.05, 4.69) is 22.1 Å². The lowest BCUT2D eigenvalue weighted by molar-refractivity contribution is 1.03. The fraction of sp³-hybridized carbons (Fsp3) is 0.267. The van der Waals surface area contributed by atoms with E-state index in [-0.39, 0.29) is 0 Å². The Labute approximate surface area is 113 Å². The monoisotopic (exact) mass is 252 g/mol. The van der Waals surface area contributed by atoms with Crippen molar-refractivity contribution in [3.8, 4) is 17.5 Å². The Morgan fingerprint density at radius 1 is 1.11 bits per heavy atom. The smallest absolute Gasteiger partial charge is 0.163 e. The minimum absolute atomic E-state index is 0.384. The second-order valence-electron chi connectivity index (χ2n) is 4.76. The normalized spacial score (nSPS) is 10.1. The van der Waals surface area contributed by atoms with E-state index in [1.54, 1.807) is 6.07 Å². The van der Waals surface area contributed by atoms with Gasteiger partial charge in [-0.25, -0.2) is 9.97 Å². The number of aromatic nitrogens is 2. The second-order valence-corrected chi connectivity index (χ2v) is 4.76. The van der Waals surface area contributed by atoms with Crippen molar-refractivity contribution < 1.29 is 0 Å². The van der Waals surface area contributed by atoms with Crippen LogP contribution in [0.1, 0.15) is 16.8 Å². The van der Waals surface area contributed by atoms with Gasteiger partial charge in [0.2, 0.25) is 0 Å². The van der Waals surface area contributed by atoms with Gasteiger partial charge in [-0.15, -0.1) is 0 Å². The summed E-state index contributed by atoms with van der Waals surface area (Å²) in [6.07, 6.45) is 0. The van der Waals surface area contributed by atoms with Crippen molar-refractivity contribution in [1.82, 2.24) is 9.97 Å². The summed E-state index contributed by atoms with van der Waals surface area (Å²) < 4.78 is 0. The molecule has 19 heavy (non-hydrogen) atoms. The molecule has 96 valence electrons. The Kier molecular flexibility index (Phi) is 3.48. The molecule has 1 aromatic carbocycles. The molecule has 0 radical (unpaired) electrons. The molecule has 0 saturated heterocycles. The predicted molar refractivity (Wildman–Crippen MR) is 76.0 cm³/mol. The quantitative estimate of drug-likeness (QED) is 0.824. The molecule has 4 heteroatoms. The van der Waals surface area contributed by atoms with Gasteiger partial charge >= 0.3 is 0 Å². The highest BCUT2D eigenvalue weighted by molar-refractivity contribution is 5.63. The van der Waals surface area contributed by atoms with Gasteiger partial charge in [0, 0.05) is 25.7 Å². The summed E-state index contributed by atoms with van der Waals surface area (Å²) >= 11 is 0. The standard InChI is InChI=1S/C15H16N4/c1-10-5-6-11(2)13(7-10)15-17-12(9-16)8-14(18-15)19(3)4/h5-8H,1-4H3. The molecule has 0 atom stereocenters. The van der Waals surface area contributed by atoms with Gasteiger partial charge in [-0.1, -0.05) is 17.7 Å². The molecule has 0 aliphatic rings. The number of benzene rings is 1. The van der Waals surface area contributed by atoms with E-state index in [9.17, 15) is 0 Å². The summed E-state index contributed by atoms with van der Waals surface area (Å²) in [5, 5.41) is 9.08. The zero-order valence-corrected chi connectivity index (χ0v) is 11.6. The summed E-state index contributed by atoms with van der Waals surface area (Å²) in [6, 6.07) is 9.92. The van der Waals surface area contributed by atoms with E-state index < -0.39 is 0 Å². The molecule has 2 rings (SSSR count). The number of nitrogens with zero attached hydrogens (tertiary/aromatic N) is 4. The summed E-state index contributed by atoms with van der Waals surface area (Å²) in [6.45, 7) is 4.05. The van der Waals surface area contributed by atoms with Crippen LogP contribution in [0.15, 0.2) is 24.3 Å². The van der Waals surface area contributed by atoms with Gasteiger partial charge in [0.25, 0.3) is 0 Å². The lowest BCUT2D eigenvalue weighted by Gasteiger charge is -2.13. The van der Waals surface area contributed by atoms with E-state index in [0.29, 0.717) is 11.5 Å². The first kappa shape index (κ1) is 13.0. The highest BCUT2D eigenvalue weighted by Gasteiger charge is 2.10. The molecule has 0 spiro atoms. The molecule has 0 N–H and O–H groups in total. The van der Waals surface area contributed by atoms with Gasteiger partial charge in [0.05, 0.1) is 0 Å². The molecule has 0 saturated carbocycles. The highest BCUT2D eigenvalue weighted by Crippen LogP contribution is 2.23. The first-order valence-electron chi connectivity index (χ1n) is 6.05. The zero-order valence-electron chi connectivity index (χ0n) is 11.6. The zero-order chi connectivity index (χ0) is 14.0. The lowest BCUT2D eigenvalue weighted by Crippen LogP contribution is -2.12. The van der Waals surface area contributed by atoms with Gasteiger partial charge in [-0.3, -0.25) is 0 Å². The predicted octanol–water partition coefficient (Wildman–Crippen LogP) is 2.70. The van der Waals surface area contributed by atoms with Crippen LogP contribution in [-0.4, -0.2) is 24.1 Å². The number of hydrogen-bond donors (Lipinski definition) is 0. The van der Waals surface area contributed by atoms with Crippen LogP contribution < -0.4 is 4.90 Å². The van der Waals surface area contributed by atoms with Crippen molar-refractivity contribution in [3.05, 3.63) is 41.1 Å². The van der Waals surface area contributed by atoms with Gasteiger partial charge < -0.3 is 4.90 Å². The summed E-state index contributed by atoms with van der Waals surface area (Å²) in [5.41, 5.74) is 3.61. The van der Waals surface area contributed by atoms with Crippen LogP contribution in [-0.2, 0) is 0 Å². The Bertz CT molecular complexity index is 654.